The van der Waals surface area contributed by atoms with Gasteiger partial charge in [-0.2, -0.15) is 0 Å². The van der Waals surface area contributed by atoms with Gasteiger partial charge < -0.3 is 15.6 Å². The van der Waals surface area contributed by atoms with Crippen molar-refractivity contribution in [1.82, 2.24) is 4.98 Å². The van der Waals surface area contributed by atoms with E-state index >= 15 is 0 Å². The topological polar surface area (TPSA) is 79.0 Å². The number of carboxylic acids is 1. The fourth-order valence-corrected chi connectivity index (χ4v) is 1.54. The molecule has 0 atom stereocenters. The normalized spacial score (nSPS) is 10.5. The largest absolute Gasteiger partial charge is 0.545 e. The van der Waals surface area contributed by atoms with Gasteiger partial charge in [0.1, 0.15) is 0 Å². The molecule has 0 fully saturated rings. The molecule has 76 valence electrons. The predicted molar refractivity (Wildman–Crippen MR) is 55.2 cm³/mol. The quantitative estimate of drug-likeness (QED) is 0.681. The highest BCUT2D eigenvalue weighted by Gasteiger charge is 2.04. The lowest BCUT2D eigenvalue weighted by atomic mass is 10.1. The summed E-state index contributed by atoms with van der Waals surface area (Å²) in [5, 5.41) is 11.4. The third-order valence-electron chi connectivity index (χ3n) is 2.18. The van der Waals surface area contributed by atoms with Crippen molar-refractivity contribution >= 4 is 22.6 Å². The van der Waals surface area contributed by atoms with Crippen molar-refractivity contribution in [3.8, 4) is 0 Å². The number of nitrogen functional groups attached to an aromatic ring is 1. The Kier molecular flexibility index (Phi) is 2.04. The second-order valence-corrected chi connectivity index (χ2v) is 3.38. The van der Waals surface area contributed by atoms with Gasteiger partial charge in [0.05, 0.1) is 11.5 Å². The molecule has 0 aliphatic rings. The summed E-state index contributed by atoms with van der Waals surface area (Å²) in [5.41, 5.74) is 7.49. The van der Waals surface area contributed by atoms with Crippen LogP contribution < -0.4 is 10.8 Å². The van der Waals surface area contributed by atoms with Gasteiger partial charge in [0, 0.05) is 22.3 Å². The van der Waals surface area contributed by atoms with Crippen molar-refractivity contribution in [3.63, 3.8) is 0 Å². The number of carbonyl (C=O) groups excluding carboxylic acids is 1. The zero-order valence-corrected chi connectivity index (χ0v) is 8.15. The maximum Gasteiger partial charge on any atom is 0.0722 e. The highest BCUT2D eigenvalue weighted by molar-refractivity contribution is 6.02. The van der Waals surface area contributed by atoms with Crippen LogP contribution >= 0.6 is 0 Å². The number of rotatable bonds is 1. The minimum absolute atomic E-state index is 0.129. The van der Waals surface area contributed by atoms with Crippen LogP contribution in [0.5, 0.6) is 0 Å². The number of aromatic carboxylic acids is 1. The van der Waals surface area contributed by atoms with Crippen LogP contribution in [0, 0.1) is 6.92 Å². The molecule has 15 heavy (non-hydrogen) atoms. The van der Waals surface area contributed by atoms with Crippen LogP contribution in [0.1, 0.15) is 16.1 Å². The zero-order valence-electron chi connectivity index (χ0n) is 8.15. The molecule has 0 aliphatic heterocycles. The molecule has 0 unspecified atom stereocenters. The third kappa shape index (κ3) is 1.61. The van der Waals surface area contributed by atoms with Gasteiger partial charge in [-0.05, 0) is 31.2 Å². The molecule has 0 radical (unpaired) electrons. The molecule has 0 amide bonds. The minimum Gasteiger partial charge on any atom is -0.545 e. The number of carboxylic acid groups (broad SMARTS) is 1. The summed E-state index contributed by atoms with van der Waals surface area (Å²) in [7, 11) is 0. The molecule has 2 aromatic rings. The van der Waals surface area contributed by atoms with E-state index in [1.807, 2.05) is 0 Å². The first-order valence-corrected chi connectivity index (χ1v) is 4.46. The Bertz CT molecular complexity index is 550. The van der Waals surface area contributed by atoms with Crippen LogP contribution in [0.4, 0.5) is 5.69 Å². The Morgan fingerprint density at radius 1 is 1.40 bits per heavy atom. The number of benzene rings is 1. The lowest BCUT2D eigenvalue weighted by Crippen LogP contribution is -2.22. The number of hydrogen-bond acceptors (Lipinski definition) is 4. The first-order valence-electron chi connectivity index (χ1n) is 4.46. The Balaban J connectivity index is 2.87. The van der Waals surface area contributed by atoms with Gasteiger partial charge in [-0.1, -0.05) is 0 Å². The Hall–Kier alpha value is -2.10. The van der Waals surface area contributed by atoms with Gasteiger partial charge in [0.15, 0.2) is 0 Å². The maximum absolute atomic E-state index is 10.9. The summed E-state index contributed by atoms with van der Waals surface area (Å²) in [4.78, 5) is 15.1. The zero-order chi connectivity index (χ0) is 11.0. The smallest absolute Gasteiger partial charge is 0.0722 e. The fraction of sp³-hybridized carbons (Fsp3) is 0.0909. The fourth-order valence-electron chi connectivity index (χ4n) is 1.54. The van der Waals surface area contributed by atoms with E-state index in [-0.39, 0.29) is 5.56 Å². The lowest BCUT2D eigenvalue weighted by Gasteiger charge is -2.08. The van der Waals surface area contributed by atoms with Crippen molar-refractivity contribution in [3.05, 3.63) is 35.5 Å². The van der Waals surface area contributed by atoms with E-state index in [1.54, 1.807) is 25.1 Å². The molecule has 2 rings (SSSR count). The molecule has 0 bridgehead atoms. The number of carbonyl (C=O) groups is 1. The average molecular weight is 201 g/mol. The molecular formula is C11H9N2O2-. The van der Waals surface area contributed by atoms with E-state index in [1.165, 1.54) is 6.07 Å². The molecule has 0 aliphatic carbocycles. The van der Waals surface area contributed by atoms with Gasteiger partial charge in [0.2, 0.25) is 0 Å². The number of hydrogen-bond donors (Lipinski definition) is 1. The Morgan fingerprint density at radius 2 is 2.13 bits per heavy atom. The maximum atomic E-state index is 10.9. The monoisotopic (exact) mass is 201 g/mol. The van der Waals surface area contributed by atoms with Crippen molar-refractivity contribution in [1.29, 1.82) is 0 Å². The Morgan fingerprint density at radius 3 is 2.80 bits per heavy atom. The van der Waals surface area contributed by atoms with Gasteiger partial charge in [-0.25, -0.2) is 0 Å². The second kappa shape index (κ2) is 3.24. The van der Waals surface area contributed by atoms with E-state index in [4.69, 9.17) is 5.73 Å². The number of nitrogens with two attached hydrogens (primary N) is 1. The summed E-state index contributed by atoms with van der Waals surface area (Å²) >= 11 is 0. The van der Waals surface area contributed by atoms with Crippen LogP contribution in [0.2, 0.25) is 0 Å². The van der Waals surface area contributed by atoms with Crippen molar-refractivity contribution in [2.24, 2.45) is 0 Å². The van der Waals surface area contributed by atoms with Crippen LogP contribution in [-0.4, -0.2) is 11.0 Å². The summed E-state index contributed by atoms with van der Waals surface area (Å²) in [5.74, 6) is -1.21. The average Bonchev–Trinajstić information content (AvgIpc) is 2.17. The summed E-state index contributed by atoms with van der Waals surface area (Å²) in [6, 6.07) is 6.46. The Labute approximate surface area is 86.4 Å². The molecule has 1 aromatic carbocycles. The number of pyridine rings is 1. The highest BCUT2D eigenvalue weighted by atomic mass is 16.4. The summed E-state index contributed by atoms with van der Waals surface area (Å²) in [6.07, 6.45) is 0. The van der Waals surface area contributed by atoms with E-state index in [0.29, 0.717) is 22.3 Å². The highest BCUT2D eigenvalue weighted by Crippen LogP contribution is 2.20. The van der Waals surface area contributed by atoms with E-state index in [9.17, 15) is 9.90 Å². The first kappa shape index (κ1) is 9.45. The molecular weight excluding hydrogens is 192 g/mol. The molecule has 0 saturated heterocycles. The molecule has 0 spiro atoms. The minimum atomic E-state index is -1.21. The van der Waals surface area contributed by atoms with Crippen molar-refractivity contribution in [2.45, 2.75) is 6.92 Å². The van der Waals surface area contributed by atoms with Crippen LogP contribution in [-0.2, 0) is 0 Å². The van der Waals surface area contributed by atoms with Crippen LogP contribution in [0.15, 0.2) is 24.3 Å². The molecule has 4 heteroatoms. The number of aryl methyl sites for hydroxylation is 1. The standard InChI is InChI=1S/C11H10N2O2/c1-6-4-9(11(14)15)8-5-7(12)2-3-10(8)13-6/h2-5H,12H2,1H3,(H,14,15)/p-1. The molecule has 2 N–H and O–H groups in total. The first-order chi connectivity index (χ1) is 7.08. The van der Waals surface area contributed by atoms with Crippen molar-refractivity contribution in [2.75, 3.05) is 5.73 Å². The van der Waals surface area contributed by atoms with E-state index in [2.05, 4.69) is 4.98 Å². The summed E-state index contributed by atoms with van der Waals surface area (Å²) < 4.78 is 0. The molecule has 4 nitrogen and oxygen atoms in total. The summed E-state index contributed by atoms with van der Waals surface area (Å²) in [6.45, 7) is 1.74. The van der Waals surface area contributed by atoms with Crippen LogP contribution in [0.3, 0.4) is 0 Å². The lowest BCUT2D eigenvalue weighted by molar-refractivity contribution is -0.254. The molecule has 1 aromatic heterocycles. The van der Waals surface area contributed by atoms with Crippen molar-refractivity contribution < 1.29 is 9.90 Å². The third-order valence-corrected chi connectivity index (χ3v) is 2.18. The molecule has 1 heterocycles. The van der Waals surface area contributed by atoms with Gasteiger partial charge >= 0.3 is 0 Å². The number of aromatic nitrogens is 1. The molecule has 0 saturated carbocycles. The van der Waals surface area contributed by atoms with E-state index in [0.717, 1.165) is 0 Å². The number of fused-ring (bicyclic) bond motifs is 1. The van der Waals surface area contributed by atoms with Gasteiger partial charge in [0.25, 0.3) is 0 Å². The number of anilines is 1. The van der Waals surface area contributed by atoms with Crippen LogP contribution in [0.25, 0.3) is 10.9 Å². The SMILES string of the molecule is Cc1cc(C(=O)[O-])c2cc(N)ccc2n1. The van der Waals surface area contributed by atoms with Gasteiger partial charge in [-0.15, -0.1) is 0 Å². The van der Waals surface area contributed by atoms with E-state index < -0.39 is 5.97 Å². The number of nitrogens with zero attached hydrogens (tertiary/aromatic N) is 1. The second-order valence-electron chi connectivity index (χ2n) is 3.38. The predicted octanol–water partition coefficient (Wildman–Crippen LogP) is 0.489. The van der Waals surface area contributed by atoms with Gasteiger partial charge in [-0.3, -0.25) is 4.98 Å².